The number of nitro groups is 3. The molecule has 1 heterocycles. The average Bonchev–Trinajstić information content (AvgIpc) is 3.08. The summed E-state index contributed by atoms with van der Waals surface area (Å²) >= 11 is 0. The van der Waals surface area contributed by atoms with Crippen LogP contribution in [0.25, 0.3) is 0 Å². The van der Waals surface area contributed by atoms with Gasteiger partial charge in [-0.05, 0) is 32.9 Å². The Morgan fingerprint density at radius 3 is 1.86 bits per heavy atom. The van der Waals surface area contributed by atoms with Crippen LogP contribution in [0.15, 0.2) is 16.7 Å². The van der Waals surface area contributed by atoms with Crippen LogP contribution in [0.1, 0.15) is 39.0 Å². The van der Waals surface area contributed by atoms with Gasteiger partial charge in [-0.25, -0.2) is 0 Å². The monoisotopic (exact) mass is 496 g/mol. The minimum Gasteiger partial charge on any atom is -0.497 e. The van der Waals surface area contributed by atoms with Crippen molar-refractivity contribution in [2.24, 2.45) is 5.92 Å². The van der Waals surface area contributed by atoms with Gasteiger partial charge in [-0.3, -0.25) is 45.4 Å². The zero-order chi connectivity index (χ0) is 27.0. The minimum atomic E-state index is -1.21. The molecule has 2 N–H and O–H groups in total. The van der Waals surface area contributed by atoms with Crippen LogP contribution in [0, 0.1) is 50.1 Å². The SMILES string of the molecule is CCN(CC)C(C(=O)Nc1onc(C)c1C)C(C)C.O=[N+]([O-])c1cc([N+](=O)[O-])c(O)c([N+](=O)[O-])c1. The molecular weight excluding hydrogens is 468 g/mol. The normalized spacial score (nSPS) is 11.5. The van der Waals surface area contributed by atoms with Gasteiger partial charge in [0, 0.05) is 5.56 Å². The number of aryl methyl sites for hydroxylation is 1. The Bertz CT molecular complexity index is 1060. The second-order valence-electron chi connectivity index (χ2n) is 7.73. The summed E-state index contributed by atoms with van der Waals surface area (Å²) in [6, 6.07) is 0.741. The molecule has 1 unspecified atom stereocenters. The fraction of sp³-hybridized carbons (Fsp3) is 0.500. The molecule has 15 nitrogen and oxygen atoms in total. The number of rotatable bonds is 9. The third-order valence-corrected chi connectivity index (χ3v) is 5.16. The highest BCUT2D eigenvalue weighted by Gasteiger charge is 2.30. The molecule has 1 atom stereocenters. The van der Waals surface area contributed by atoms with E-state index in [-0.39, 0.29) is 17.9 Å². The van der Waals surface area contributed by atoms with Gasteiger partial charge in [-0.15, -0.1) is 0 Å². The molecule has 0 spiro atoms. The predicted octanol–water partition coefficient (Wildman–Crippen LogP) is 3.71. The number of nitrogens with zero attached hydrogens (tertiary/aromatic N) is 5. The standard InChI is InChI=1S/C14H25N3O2.C6H3N3O7/c1-7-17(8-2)12(9(3)4)13(18)15-14-10(5)11(6)16-19-14;10-6-4(8(13)14)1-3(7(11)12)2-5(6)9(15)16/h9,12H,7-8H2,1-6H3,(H,15,18);1-2,10H. The van der Waals surface area contributed by atoms with E-state index < -0.39 is 37.6 Å². The van der Waals surface area contributed by atoms with Crippen molar-refractivity contribution in [1.29, 1.82) is 0 Å². The summed E-state index contributed by atoms with van der Waals surface area (Å²) in [7, 11) is 0. The molecule has 0 saturated carbocycles. The Labute approximate surface area is 200 Å². The molecule has 1 amide bonds. The van der Waals surface area contributed by atoms with Gasteiger partial charge in [-0.1, -0.05) is 32.9 Å². The Morgan fingerprint density at radius 2 is 1.54 bits per heavy atom. The van der Waals surface area contributed by atoms with Crippen LogP contribution in [0.3, 0.4) is 0 Å². The number of aromatic nitrogens is 1. The van der Waals surface area contributed by atoms with Crippen LogP contribution in [0.4, 0.5) is 22.9 Å². The number of aromatic hydroxyl groups is 1. The summed E-state index contributed by atoms with van der Waals surface area (Å²) in [6.07, 6.45) is 0. The molecule has 0 aliphatic rings. The molecule has 0 aliphatic carbocycles. The summed E-state index contributed by atoms with van der Waals surface area (Å²) in [4.78, 5) is 42.4. The molecule has 0 aliphatic heterocycles. The molecule has 192 valence electrons. The van der Waals surface area contributed by atoms with E-state index in [0.717, 1.165) is 24.3 Å². The lowest BCUT2D eigenvalue weighted by Crippen LogP contribution is -2.47. The lowest BCUT2D eigenvalue weighted by molar-refractivity contribution is -0.404. The first-order valence-electron chi connectivity index (χ1n) is 10.5. The van der Waals surface area contributed by atoms with Crippen molar-refractivity contribution in [3.8, 4) is 5.75 Å². The van der Waals surface area contributed by atoms with Crippen LogP contribution in [-0.4, -0.2) is 55.0 Å². The fourth-order valence-corrected chi connectivity index (χ4v) is 3.20. The summed E-state index contributed by atoms with van der Waals surface area (Å²) < 4.78 is 5.14. The van der Waals surface area contributed by atoms with Crippen molar-refractivity contribution < 1.29 is 29.2 Å². The molecule has 0 bridgehead atoms. The highest BCUT2D eigenvalue weighted by molar-refractivity contribution is 5.94. The number of phenols is 1. The fourth-order valence-electron chi connectivity index (χ4n) is 3.20. The number of nitro benzene ring substituents is 3. The number of benzene rings is 1. The number of carbonyl (C=O) groups excluding carboxylic acids is 1. The molecular formula is C20H28N6O9. The van der Waals surface area contributed by atoms with Gasteiger partial charge in [0.1, 0.15) is 0 Å². The number of anilines is 1. The lowest BCUT2D eigenvalue weighted by Gasteiger charge is -2.31. The van der Waals surface area contributed by atoms with Crippen molar-refractivity contribution in [2.45, 2.75) is 47.6 Å². The number of amides is 1. The maximum Gasteiger partial charge on any atom is 0.324 e. The molecule has 2 aromatic rings. The second-order valence-corrected chi connectivity index (χ2v) is 7.73. The first-order valence-corrected chi connectivity index (χ1v) is 10.5. The quantitative estimate of drug-likeness (QED) is 0.377. The maximum absolute atomic E-state index is 12.4. The second kappa shape index (κ2) is 12.4. The van der Waals surface area contributed by atoms with E-state index in [2.05, 4.69) is 43.1 Å². The van der Waals surface area contributed by atoms with E-state index in [1.807, 2.05) is 13.8 Å². The number of non-ortho nitro benzene ring substituents is 1. The highest BCUT2D eigenvalue weighted by atomic mass is 16.6. The number of likely N-dealkylation sites (N-methyl/N-ethyl adjacent to an activating group) is 1. The van der Waals surface area contributed by atoms with E-state index in [9.17, 15) is 35.1 Å². The topological polar surface area (TPSA) is 208 Å². The van der Waals surface area contributed by atoms with E-state index in [0.29, 0.717) is 18.0 Å². The first kappa shape index (κ1) is 28.9. The van der Waals surface area contributed by atoms with E-state index >= 15 is 0 Å². The molecule has 0 saturated heterocycles. The van der Waals surface area contributed by atoms with Crippen LogP contribution in [0.5, 0.6) is 5.75 Å². The smallest absolute Gasteiger partial charge is 0.324 e. The number of nitrogens with one attached hydrogen (secondary N) is 1. The van der Waals surface area contributed by atoms with Crippen LogP contribution in [0.2, 0.25) is 0 Å². The van der Waals surface area contributed by atoms with E-state index in [4.69, 9.17) is 9.63 Å². The Hall–Kier alpha value is -4.14. The van der Waals surface area contributed by atoms with Gasteiger partial charge in [0.05, 0.1) is 38.6 Å². The molecule has 0 radical (unpaired) electrons. The lowest BCUT2D eigenvalue weighted by atomic mass is 10.0. The third-order valence-electron chi connectivity index (χ3n) is 5.16. The van der Waals surface area contributed by atoms with Crippen molar-refractivity contribution in [1.82, 2.24) is 10.1 Å². The Kier molecular flexibility index (Phi) is 10.2. The first-order chi connectivity index (χ1) is 16.3. The van der Waals surface area contributed by atoms with Crippen molar-refractivity contribution in [3.05, 3.63) is 53.7 Å². The van der Waals surface area contributed by atoms with Gasteiger partial charge in [0.25, 0.3) is 11.4 Å². The zero-order valence-electron chi connectivity index (χ0n) is 20.2. The van der Waals surface area contributed by atoms with Gasteiger partial charge >= 0.3 is 11.4 Å². The largest absolute Gasteiger partial charge is 0.497 e. The molecule has 0 fully saturated rings. The minimum absolute atomic E-state index is 0.0297. The van der Waals surface area contributed by atoms with Crippen molar-refractivity contribution in [3.63, 3.8) is 0 Å². The van der Waals surface area contributed by atoms with Gasteiger partial charge < -0.3 is 9.63 Å². The van der Waals surface area contributed by atoms with Gasteiger partial charge in [0.15, 0.2) is 0 Å². The molecule has 1 aromatic heterocycles. The van der Waals surface area contributed by atoms with Crippen molar-refractivity contribution >= 4 is 28.9 Å². The zero-order valence-corrected chi connectivity index (χ0v) is 20.2. The molecule has 35 heavy (non-hydrogen) atoms. The summed E-state index contributed by atoms with van der Waals surface area (Å²) in [5.74, 6) is -0.539. The van der Waals surface area contributed by atoms with Crippen molar-refractivity contribution in [2.75, 3.05) is 18.4 Å². The highest BCUT2D eigenvalue weighted by Crippen LogP contribution is 2.38. The third kappa shape index (κ3) is 7.17. The number of carbonyl (C=O) groups is 1. The Morgan fingerprint density at radius 1 is 1.06 bits per heavy atom. The summed E-state index contributed by atoms with van der Waals surface area (Å²) in [5, 5.41) is 46.9. The summed E-state index contributed by atoms with van der Waals surface area (Å²) in [5.41, 5.74) is -1.31. The van der Waals surface area contributed by atoms with Crippen LogP contribution in [-0.2, 0) is 4.79 Å². The van der Waals surface area contributed by atoms with E-state index in [1.165, 1.54) is 0 Å². The average molecular weight is 496 g/mol. The summed E-state index contributed by atoms with van der Waals surface area (Å²) in [6.45, 7) is 13.7. The molecule has 1 aromatic carbocycles. The molecule has 2 rings (SSSR count). The van der Waals surface area contributed by atoms with Crippen LogP contribution < -0.4 is 5.32 Å². The number of phenolic OH excluding ortho intramolecular Hbond substituents is 1. The molecule has 15 heteroatoms. The Balaban J connectivity index is 0.000000355. The number of hydrogen-bond donors (Lipinski definition) is 2. The van der Waals surface area contributed by atoms with E-state index in [1.54, 1.807) is 0 Å². The van der Waals surface area contributed by atoms with Crippen LogP contribution >= 0.6 is 0 Å². The van der Waals surface area contributed by atoms with Gasteiger partial charge in [0.2, 0.25) is 11.8 Å². The number of hydrogen-bond acceptors (Lipinski definition) is 11. The van der Waals surface area contributed by atoms with Gasteiger partial charge in [-0.2, -0.15) is 0 Å². The maximum atomic E-state index is 12.4. The predicted molar refractivity (Wildman–Crippen MR) is 124 cm³/mol.